The van der Waals surface area contributed by atoms with E-state index in [1.54, 1.807) is 11.9 Å². The lowest BCUT2D eigenvalue weighted by atomic mass is 10.1. The van der Waals surface area contributed by atoms with E-state index in [-0.39, 0.29) is 18.1 Å². The van der Waals surface area contributed by atoms with Crippen LogP contribution in [0.25, 0.3) is 0 Å². The van der Waals surface area contributed by atoms with E-state index in [0.29, 0.717) is 13.1 Å². The Kier molecular flexibility index (Phi) is 6.68. The molecule has 0 unspecified atom stereocenters. The van der Waals surface area contributed by atoms with Gasteiger partial charge in [-0.25, -0.2) is 0 Å². The van der Waals surface area contributed by atoms with Crippen molar-refractivity contribution in [1.29, 1.82) is 0 Å². The average molecular weight is 357 g/mol. The fourth-order valence-corrected chi connectivity index (χ4v) is 2.16. The average Bonchev–Trinajstić information content (AvgIpc) is 2.41. The molecule has 0 radical (unpaired) electrons. The summed E-state index contributed by atoms with van der Waals surface area (Å²) in [4.78, 5) is 13.5. The van der Waals surface area contributed by atoms with Crippen molar-refractivity contribution in [3.8, 4) is 5.75 Å². The van der Waals surface area contributed by atoms with Gasteiger partial charge in [0.15, 0.2) is 6.61 Å². The first-order valence-electron chi connectivity index (χ1n) is 7.13. The van der Waals surface area contributed by atoms with Gasteiger partial charge in [-0.1, -0.05) is 12.1 Å². The second-order valence-electron chi connectivity index (χ2n) is 6.03. The Morgan fingerprint density at radius 3 is 2.62 bits per heavy atom. The summed E-state index contributed by atoms with van der Waals surface area (Å²) < 4.78 is 6.60. The number of nitrogens with one attached hydrogen (secondary N) is 1. The molecule has 0 aliphatic heterocycles. The second kappa shape index (κ2) is 7.80. The SMILES string of the molecule is CCN(C)C(=O)COc1c(Br)cccc1CNC(C)(C)C. The Labute approximate surface area is 136 Å². The molecule has 0 fully saturated rings. The number of rotatable bonds is 6. The van der Waals surface area contributed by atoms with Crippen LogP contribution in [0, 0.1) is 0 Å². The molecule has 21 heavy (non-hydrogen) atoms. The van der Waals surface area contributed by atoms with Crippen molar-refractivity contribution in [3.05, 3.63) is 28.2 Å². The molecule has 1 amide bonds. The molecule has 5 heteroatoms. The van der Waals surface area contributed by atoms with Crippen LogP contribution in [0.2, 0.25) is 0 Å². The topological polar surface area (TPSA) is 41.6 Å². The van der Waals surface area contributed by atoms with Crippen molar-refractivity contribution in [2.75, 3.05) is 20.2 Å². The first kappa shape index (κ1) is 18.0. The van der Waals surface area contributed by atoms with E-state index in [1.807, 2.05) is 25.1 Å². The fourth-order valence-electron chi connectivity index (χ4n) is 1.64. The molecule has 0 aliphatic carbocycles. The number of likely N-dealkylation sites (N-methyl/N-ethyl adjacent to an activating group) is 1. The minimum Gasteiger partial charge on any atom is -0.482 e. The van der Waals surface area contributed by atoms with Gasteiger partial charge in [0, 0.05) is 31.2 Å². The number of halogens is 1. The van der Waals surface area contributed by atoms with Crippen molar-refractivity contribution >= 4 is 21.8 Å². The zero-order valence-electron chi connectivity index (χ0n) is 13.5. The number of hydrogen-bond acceptors (Lipinski definition) is 3. The fraction of sp³-hybridized carbons (Fsp3) is 0.562. The number of hydrogen-bond donors (Lipinski definition) is 1. The number of para-hydroxylation sites is 1. The number of carbonyl (C=O) groups is 1. The van der Waals surface area contributed by atoms with Crippen LogP contribution in [0.15, 0.2) is 22.7 Å². The lowest BCUT2D eigenvalue weighted by Gasteiger charge is -2.22. The zero-order valence-corrected chi connectivity index (χ0v) is 15.1. The molecule has 1 aromatic rings. The van der Waals surface area contributed by atoms with Gasteiger partial charge in [0.25, 0.3) is 5.91 Å². The summed E-state index contributed by atoms with van der Waals surface area (Å²) in [6.07, 6.45) is 0. The van der Waals surface area contributed by atoms with Crippen molar-refractivity contribution < 1.29 is 9.53 Å². The van der Waals surface area contributed by atoms with Gasteiger partial charge in [-0.3, -0.25) is 4.79 Å². The van der Waals surface area contributed by atoms with Crippen LogP contribution in [-0.4, -0.2) is 36.5 Å². The zero-order chi connectivity index (χ0) is 16.0. The van der Waals surface area contributed by atoms with Crippen LogP contribution in [0.1, 0.15) is 33.3 Å². The summed E-state index contributed by atoms with van der Waals surface area (Å²) in [6.45, 7) is 9.71. The molecule has 1 N–H and O–H groups in total. The smallest absolute Gasteiger partial charge is 0.260 e. The van der Waals surface area contributed by atoms with Gasteiger partial charge >= 0.3 is 0 Å². The molecule has 0 aromatic heterocycles. The third-order valence-corrected chi connectivity index (χ3v) is 3.72. The predicted molar refractivity (Wildman–Crippen MR) is 89.5 cm³/mol. The minimum atomic E-state index is -0.0250. The Morgan fingerprint density at radius 1 is 1.38 bits per heavy atom. The molecule has 0 saturated carbocycles. The van der Waals surface area contributed by atoms with E-state index in [9.17, 15) is 4.79 Å². The first-order valence-corrected chi connectivity index (χ1v) is 7.93. The van der Waals surface area contributed by atoms with E-state index in [1.165, 1.54) is 0 Å². The van der Waals surface area contributed by atoms with E-state index in [2.05, 4.69) is 42.0 Å². The Bertz CT molecular complexity index is 484. The molecule has 1 aromatic carbocycles. The van der Waals surface area contributed by atoms with Gasteiger partial charge in [0.1, 0.15) is 5.75 Å². The summed E-state index contributed by atoms with van der Waals surface area (Å²) in [6, 6.07) is 5.90. The largest absolute Gasteiger partial charge is 0.482 e. The summed E-state index contributed by atoms with van der Waals surface area (Å²) in [7, 11) is 1.77. The number of carbonyl (C=O) groups excluding carboxylic acids is 1. The van der Waals surface area contributed by atoms with Crippen LogP contribution >= 0.6 is 15.9 Å². The molecule has 0 bridgehead atoms. The molecule has 1 rings (SSSR count). The summed E-state index contributed by atoms with van der Waals surface area (Å²) >= 11 is 3.49. The number of nitrogens with zero attached hydrogens (tertiary/aromatic N) is 1. The summed E-state index contributed by atoms with van der Waals surface area (Å²) in [5.41, 5.74) is 1.06. The highest BCUT2D eigenvalue weighted by atomic mass is 79.9. The van der Waals surface area contributed by atoms with E-state index in [4.69, 9.17) is 4.74 Å². The maximum Gasteiger partial charge on any atom is 0.260 e. The molecule has 0 saturated heterocycles. The number of amides is 1. The van der Waals surface area contributed by atoms with Crippen LogP contribution in [0.5, 0.6) is 5.75 Å². The summed E-state index contributed by atoms with van der Waals surface area (Å²) in [5, 5.41) is 3.43. The van der Waals surface area contributed by atoms with Crippen molar-refractivity contribution in [2.24, 2.45) is 0 Å². The molecular weight excluding hydrogens is 332 g/mol. The highest BCUT2D eigenvalue weighted by Crippen LogP contribution is 2.29. The maximum atomic E-state index is 11.9. The molecule has 118 valence electrons. The van der Waals surface area contributed by atoms with Gasteiger partial charge in [-0.15, -0.1) is 0 Å². The van der Waals surface area contributed by atoms with Crippen molar-refractivity contribution in [3.63, 3.8) is 0 Å². The van der Waals surface area contributed by atoms with E-state index in [0.717, 1.165) is 15.8 Å². The molecule has 0 spiro atoms. The Hall–Kier alpha value is -1.07. The van der Waals surface area contributed by atoms with Gasteiger partial charge in [-0.05, 0) is 49.7 Å². The van der Waals surface area contributed by atoms with Crippen LogP contribution < -0.4 is 10.1 Å². The Balaban J connectivity index is 2.78. The highest BCUT2D eigenvalue weighted by Gasteiger charge is 2.15. The number of benzene rings is 1. The second-order valence-corrected chi connectivity index (χ2v) is 6.88. The van der Waals surface area contributed by atoms with Gasteiger partial charge in [0.2, 0.25) is 0 Å². The molecule has 0 heterocycles. The third kappa shape index (κ3) is 6.06. The van der Waals surface area contributed by atoms with Crippen LogP contribution in [0.4, 0.5) is 0 Å². The quantitative estimate of drug-likeness (QED) is 0.850. The molecule has 0 aliphatic rings. The standard InChI is InChI=1S/C16H25BrN2O2/c1-6-19(5)14(20)11-21-15-12(8-7-9-13(15)17)10-18-16(2,3)4/h7-9,18H,6,10-11H2,1-5H3. The first-order chi connectivity index (χ1) is 9.74. The van der Waals surface area contributed by atoms with Gasteiger partial charge in [0.05, 0.1) is 4.47 Å². The Morgan fingerprint density at radius 2 is 2.05 bits per heavy atom. The third-order valence-electron chi connectivity index (χ3n) is 3.10. The minimum absolute atomic E-state index is 0.0250. The molecule has 4 nitrogen and oxygen atoms in total. The predicted octanol–water partition coefficient (Wildman–Crippen LogP) is 3.19. The van der Waals surface area contributed by atoms with Crippen LogP contribution in [-0.2, 0) is 11.3 Å². The summed E-state index contributed by atoms with van der Waals surface area (Å²) in [5.74, 6) is 0.704. The van der Waals surface area contributed by atoms with Crippen molar-refractivity contribution in [1.82, 2.24) is 10.2 Å². The normalized spacial score (nSPS) is 11.3. The van der Waals surface area contributed by atoms with Gasteiger partial charge in [-0.2, -0.15) is 0 Å². The molecular formula is C16H25BrN2O2. The monoisotopic (exact) mass is 356 g/mol. The lowest BCUT2D eigenvalue weighted by molar-refractivity contribution is -0.131. The molecule has 0 atom stereocenters. The van der Waals surface area contributed by atoms with Crippen LogP contribution in [0.3, 0.4) is 0 Å². The maximum absolute atomic E-state index is 11.9. The van der Waals surface area contributed by atoms with E-state index >= 15 is 0 Å². The van der Waals surface area contributed by atoms with Gasteiger partial charge < -0.3 is 15.0 Å². The highest BCUT2D eigenvalue weighted by molar-refractivity contribution is 9.10. The van der Waals surface area contributed by atoms with Crippen molar-refractivity contribution in [2.45, 2.75) is 39.8 Å². The lowest BCUT2D eigenvalue weighted by Crippen LogP contribution is -2.35. The number of ether oxygens (including phenoxy) is 1. The van der Waals surface area contributed by atoms with E-state index < -0.39 is 0 Å².